The average Bonchev–Trinajstić information content (AvgIpc) is 2.43. The highest BCUT2D eigenvalue weighted by molar-refractivity contribution is 9.10. The van der Waals surface area contributed by atoms with Crippen molar-refractivity contribution < 1.29 is 0 Å². The minimum absolute atomic E-state index is 0.523. The summed E-state index contributed by atoms with van der Waals surface area (Å²) in [5.74, 6) is 0. The van der Waals surface area contributed by atoms with Gasteiger partial charge >= 0.3 is 0 Å². The third-order valence-electron chi connectivity index (χ3n) is 4.71. The number of halogens is 2. The Morgan fingerprint density at radius 2 is 2.15 bits per heavy atom. The summed E-state index contributed by atoms with van der Waals surface area (Å²) in [6.45, 7) is 5.88. The minimum atomic E-state index is 0.523. The molecular weight excluding hydrogens is 336 g/mol. The van der Waals surface area contributed by atoms with Crippen LogP contribution in [0.5, 0.6) is 0 Å². The van der Waals surface area contributed by atoms with E-state index in [1.807, 2.05) is 12.1 Å². The summed E-state index contributed by atoms with van der Waals surface area (Å²) >= 11 is 9.66. The fourth-order valence-corrected chi connectivity index (χ4v) is 4.52. The number of rotatable bonds is 2. The van der Waals surface area contributed by atoms with Crippen molar-refractivity contribution in [3.63, 3.8) is 0 Å². The maximum Gasteiger partial charge on any atom is 0.0417 e. The van der Waals surface area contributed by atoms with Crippen LogP contribution in [0, 0.1) is 5.41 Å². The first-order valence-electron chi connectivity index (χ1n) is 7.54. The normalized spacial score (nSPS) is 27.9. The van der Waals surface area contributed by atoms with Crippen LogP contribution in [0.1, 0.15) is 31.2 Å². The molecule has 3 rings (SSSR count). The van der Waals surface area contributed by atoms with E-state index in [0.717, 1.165) is 16.0 Å². The Balaban J connectivity index is 1.68. The monoisotopic (exact) mass is 356 g/mol. The molecule has 2 saturated heterocycles. The van der Waals surface area contributed by atoms with Gasteiger partial charge in [-0.15, -0.1) is 0 Å². The maximum atomic E-state index is 6.02. The summed E-state index contributed by atoms with van der Waals surface area (Å²) in [5, 5.41) is 4.39. The van der Waals surface area contributed by atoms with Crippen LogP contribution in [0.15, 0.2) is 22.7 Å². The van der Waals surface area contributed by atoms with E-state index in [9.17, 15) is 0 Å². The van der Waals surface area contributed by atoms with Gasteiger partial charge in [-0.05, 0) is 61.9 Å². The molecule has 0 radical (unpaired) electrons. The standard InChI is InChI=1S/C16H22BrClN2/c17-15-9-14(18)4-3-13(15)10-20-8-2-6-16(12-20)5-1-7-19-11-16/h3-4,9,19H,1-2,5-8,10-12H2. The molecule has 0 bridgehead atoms. The summed E-state index contributed by atoms with van der Waals surface area (Å²) < 4.78 is 1.13. The van der Waals surface area contributed by atoms with E-state index in [4.69, 9.17) is 11.6 Å². The number of hydrogen-bond donors (Lipinski definition) is 1. The van der Waals surface area contributed by atoms with Crippen molar-refractivity contribution in [1.82, 2.24) is 10.2 Å². The summed E-state index contributed by atoms with van der Waals surface area (Å²) in [4.78, 5) is 2.62. The lowest BCUT2D eigenvalue weighted by molar-refractivity contribution is 0.0599. The molecule has 1 N–H and O–H groups in total. The van der Waals surface area contributed by atoms with Crippen LogP contribution >= 0.6 is 27.5 Å². The Morgan fingerprint density at radius 1 is 1.30 bits per heavy atom. The van der Waals surface area contributed by atoms with E-state index in [1.54, 1.807) is 0 Å². The Morgan fingerprint density at radius 3 is 2.90 bits per heavy atom. The van der Waals surface area contributed by atoms with Crippen LogP contribution in [0.3, 0.4) is 0 Å². The zero-order chi connectivity index (χ0) is 14.0. The van der Waals surface area contributed by atoms with Crippen LogP contribution in [-0.4, -0.2) is 31.1 Å². The van der Waals surface area contributed by atoms with Gasteiger partial charge in [0.2, 0.25) is 0 Å². The second-order valence-electron chi connectivity index (χ2n) is 6.33. The molecule has 0 amide bonds. The highest BCUT2D eigenvalue weighted by Gasteiger charge is 2.36. The lowest BCUT2D eigenvalue weighted by atomic mass is 9.74. The Bertz CT molecular complexity index is 466. The van der Waals surface area contributed by atoms with Crippen molar-refractivity contribution in [2.45, 2.75) is 32.2 Å². The molecule has 1 atom stereocenters. The van der Waals surface area contributed by atoms with Crippen molar-refractivity contribution in [1.29, 1.82) is 0 Å². The van der Waals surface area contributed by atoms with Gasteiger partial charge in [-0.25, -0.2) is 0 Å². The van der Waals surface area contributed by atoms with E-state index >= 15 is 0 Å². The van der Waals surface area contributed by atoms with Gasteiger partial charge < -0.3 is 5.32 Å². The number of likely N-dealkylation sites (tertiary alicyclic amines) is 1. The van der Waals surface area contributed by atoms with E-state index in [-0.39, 0.29) is 0 Å². The van der Waals surface area contributed by atoms with Crippen LogP contribution in [0.2, 0.25) is 5.02 Å². The Hall–Kier alpha value is -0.0900. The number of nitrogens with one attached hydrogen (secondary N) is 1. The van der Waals surface area contributed by atoms with Gasteiger partial charge in [-0.3, -0.25) is 4.90 Å². The van der Waals surface area contributed by atoms with Gasteiger partial charge in [-0.2, -0.15) is 0 Å². The lowest BCUT2D eigenvalue weighted by Crippen LogP contribution is -2.50. The molecular formula is C16H22BrClN2. The molecule has 110 valence electrons. The van der Waals surface area contributed by atoms with Gasteiger partial charge in [0.25, 0.3) is 0 Å². The van der Waals surface area contributed by atoms with Crippen LogP contribution in [0.4, 0.5) is 0 Å². The zero-order valence-corrected chi connectivity index (χ0v) is 14.1. The zero-order valence-electron chi connectivity index (χ0n) is 11.8. The number of benzene rings is 1. The Labute approximate surface area is 135 Å². The van der Waals surface area contributed by atoms with Crippen molar-refractivity contribution in [3.05, 3.63) is 33.3 Å². The maximum absolute atomic E-state index is 6.02. The molecule has 2 nitrogen and oxygen atoms in total. The van der Waals surface area contributed by atoms with Crippen LogP contribution < -0.4 is 5.32 Å². The molecule has 0 saturated carbocycles. The van der Waals surface area contributed by atoms with Gasteiger partial charge in [0.1, 0.15) is 0 Å². The second kappa shape index (κ2) is 6.35. The third-order valence-corrected chi connectivity index (χ3v) is 5.68. The summed E-state index contributed by atoms with van der Waals surface area (Å²) in [6.07, 6.45) is 5.43. The predicted octanol–water partition coefficient (Wildman–Crippen LogP) is 4.07. The SMILES string of the molecule is Clc1ccc(CN2CCCC3(CCCNC3)C2)c(Br)c1. The smallest absolute Gasteiger partial charge is 0.0417 e. The van der Waals surface area contributed by atoms with Crippen molar-refractivity contribution in [2.24, 2.45) is 5.41 Å². The van der Waals surface area contributed by atoms with E-state index in [2.05, 4.69) is 32.2 Å². The first-order chi connectivity index (χ1) is 9.67. The molecule has 20 heavy (non-hydrogen) atoms. The van der Waals surface area contributed by atoms with Crippen molar-refractivity contribution >= 4 is 27.5 Å². The molecule has 1 aromatic carbocycles. The molecule has 0 aromatic heterocycles. The Kier molecular flexibility index (Phi) is 4.71. The highest BCUT2D eigenvalue weighted by atomic mass is 79.9. The fourth-order valence-electron chi connectivity index (χ4n) is 3.71. The lowest BCUT2D eigenvalue weighted by Gasteiger charge is -2.45. The first kappa shape index (κ1) is 14.8. The molecule has 4 heteroatoms. The minimum Gasteiger partial charge on any atom is -0.316 e. The van der Waals surface area contributed by atoms with E-state index in [1.165, 1.54) is 57.4 Å². The molecule has 2 aliphatic heterocycles. The van der Waals surface area contributed by atoms with E-state index < -0.39 is 0 Å². The van der Waals surface area contributed by atoms with Crippen LogP contribution in [-0.2, 0) is 6.54 Å². The number of hydrogen-bond acceptors (Lipinski definition) is 2. The highest BCUT2D eigenvalue weighted by Crippen LogP contribution is 2.36. The molecule has 0 aliphatic carbocycles. The average molecular weight is 358 g/mol. The van der Waals surface area contributed by atoms with Gasteiger partial charge in [-0.1, -0.05) is 33.6 Å². The quantitative estimate of drug-likeness (QED) is 0.858. The fraction of sp³-hybridized carbons (Fsp3) is 0.625. The van der Waals surface area contributed by atoms with Gasteiger partial charge in [0, 0.05) is 29.1 Å². The van der Waals surface area contributed by atoms with Gasteiger partial charge in [0.15, 0.2) is 0 Å². The summed E-state index contributed by atoms with van der Waals surface area (Å²) in [7, 11) is 0. The molecule has 2 fully saturated rings. The van der Waals surface area contributed by atoms with Crippen LogP contribution in [0.25, 0.3) is 0 Å². The first-order valence-corrected chi connectivity index (χ1v) is 8.71. The molecule has 2 aliphatic rings. The molecule has 1 unspecified atom stereocenters. The predicted molar refractivity (Wildman–Crippen MR) is 88.2 cm³/mol. The summed E-state index contributed by atoms with van der Waals surface area (Å²) in [5.41, 5.74) is 1.87. The molecule has 2 heterocycles. The number of nitrogens with zero attached hydrogens (tertiary/aromatic N) is 1. The second-order valence-corrected chi connectivity index (χ2v) is 7.62. The molecule has 1 spiro atoms. The topological polar surface area (TPSA) is 15.3 Å². The number of piperidine rings is 2. The largest absolute Gasteiger partial charge is 0.316 e. The third kappa shape index (κ3) is 3.38. The van der Waals surface area contributed by atoms with Crippen molar-refractivity contribution in [2.75, 3.05) is 26.2 Å². The van der Waals surface area contributed by atoms with Crippen molar-refractivity contribution in [3.8, 4) is 0 Å². The van der Waals surface area contributed by atoms with E-state index in [0.29, 0.717) is 5.41 Å². The summed E-state index contributed by atoms with van der Waals surface area (Å²) in [6, 6.07) is 6.13. The molecule has 1 aromatic rings. The van der Waals surface area contributed by atoms with Gasteiger partial charge in [0.05, 0.1) is 0 Å².